The van der Waals surface area contributed by atoms with Gasteiger partial charge in [-0.2, -0.15) is 0 Å². The highest BCUT2D eigenvalue weighted by Gasteiger charge is 2.40. The van der Waals surface area contributed by atoms with Crippen LogP contribution in [0.5, 0.6) is 0 Å². The second kappa shape index (κ2) is 6.08. The van der Waals surface area contributed by atoms with Crippen LogP contribution in [0.2, 0.25) is 0 Å². The van der Waals surface area contributed by atoms with Gasteiger partial charge in [-0.3, -0.25) is 9.97 Å². The third-order valence-electron chi connectivity index (χ3n) is 4.15. The highest BCUT2D eigenvalue weighted by molar-refractivity contribution is 5.45. The molecule has 0 saturated heterocycles. The van der Waals surface area contributed by atoms with Crippen LogP contribution in [-0.4, -0.2) is 19.5 Å². The number of nitrogens with zero attached hydrogens (tertiary/aromatic N) is 4. The minimum absolute atomic E-state index is 0.666. The van der Waals surface area contributed by atoms with Crippen LogP contribution in [0.1, 0.15) is 17.0 Å². The van der Waals surface area contributed by atoms with Crippen molar-refractivity contribution in [1.82, 2.24) is 19.5 Å². The maximum Gasteiger partial charge on any atom is 0.155 e. The van der Waals surface area contributed by atoms with Gasteiger partial charge in [0.2, 0.25) is 0 Å². The molecule has 0 aliphatic rings. The van der Waals surface area contributed by atoms with Crippen molar-refractivity contribution >= 4 is 0 Å². The minimum Gasteiger partial charge on any atom is -0.316 e. The van der Waals surface area contributed by atoms with Gasteiger partial charge in [0.05, 0.1) is 17.7 Å². The fourth-order valence-electron chi connectivity index (χ4n) is 3.13. The molecule has 0 atom stereocenters. The van der Waals surface area contributed by atoms with Crippen molar-refractivity contribution in [2.24, 2.45) is 0 Å². The van der Waals surface area contributed by atoms with E-state index in [9.17, 15) is 0 Å². The van der Waals surface area contributed by atoms with E-state index in [4.69, 9.17) is 0 Å². The molecule has 0 radical (unpaired) electrons. The van der Waals surface area contributed by atoms with Gasteiger partial charge in [-0.15, -0.1) is 0 Å². The monoisotopic (exact) mass is 312 g/mol. The maximum atomic E-state index is 4.67. The second-order valence-corrected chi connectivity index (χ2v) is 5.48. The first kappa shape index (κ1) is 14.3. The van der Waals surface area contributed by atoms with Gasteiger partial charge in [0, 0.05) is 24.8 Å². The number of benzene rings is 1. The summed E-state index contributed by atoms with van der Waals surface area (Å²) < 4.78 is 2.06. The number of hydrogen-bond acceptors (Lipinski definition) is 3. The predicted molar refractivity (Wildman–Crippen MR) is 92.4 cm³/mol. The van der Waals surface area contributed by atoms with E-state index in [0.717, 1.165) is 17.0 Å². The molecule has 0 fully saturated rings. The molecule has 3 aromatic heterocycles. The number of rotatable bonds is 4. The van der Waals surface area contributed by atoms with Crippen LogP contribution < -0.4 is 0 Å². The lowest BCUT2D eigenvalue weighted by molar-refractivity contribution is 0.486. The van der Waals surface area contributed by atoms with Gasteiger partial charge in [-0.05, 0) is 29.8 Å². The van der Waals surface area contributed by atoms with E-state index in [2.05, 4.69) is 31.7 Å². The Morgan fingerprint density at radius 2 is 1.29 bits per heavy atom. The quantitative estimate of drug-likeness (QED) is 0.579. The molecule has 0 saturated carbocycles. The van der Waals surface area contributed by atoms with Gasteiger partial charge < -0.3 is 4.57 Å². The Hall–Kier alpha value is -3.27. The smallest absolute Gasteiger partial charge is 0.155 e. The van der Waals surface area contributed by atoms with Crippen LogP contribution in [0.3, 0.4) is 0 Å². The van der Waals surface area contributed by atoms with Gasteiger partial charge >= 0.3 is 0 Å². The molecular formula is C20H16N4. The van der Waals surface area contributed by atoms with Crippen molar-refractivity contribution < 1.29 is 0 Å². The number of imidazole rings is 1. The summed E-state index contributed by atoms with van der Waals surface area (Å²) >= 11 is 0. The molecule has 0 bridgehead atoms. The molecule has 4 rings (SSSR count). The molecule has 4 heteroatoms. The zero-order chi connectivity index (χ0) is 16.2. The molecule has 0 spiro atoms. The Bertz CT molecular complexity index is 792. The standard InChI is InChI=1S/C20H16N4/c1-2-8-17(9-3-1)20(24-15-14-21-16-24,18-10-4-6-12-22-18)19-11-5-7-13-23-19/h1-16H. The lowest BCUT2D eigenvalue weighted by Crippen LogP contribution is -2.38. The molecule has 24 heavy (non-hydrogen) atoms. The molecule has 1 aromatic carbocycles. The number of pyridine rings is 2. The first-order valence-electron chi connectivity index (χ1n) is 7.79. The molecule has 4 aromatic rings. The summed E-state index contributed by atoms with van der Waals surface area (Å²) in [6, 6.07) is 22.2. The summed E-state index contributed by atoms with van der Waals surface area (Å²) in [4.78, 5) is 13.6. The van der Waals surface area contributed by atoms with Gasteiger partial charge in [0.25, 0.3) is 0 Å². The molecular weight excluding hydrogens is 296 g/mol. The van der Waals surface area contributed by atoms with Crippen molar-refractivity contribution in [2.75, 3.05) is 0 Å². The third kappa shape index (κ3) is 2.20. The number of aromatic nitrogens is 4. The average molecular weight is 312 g/mol. The molecule has 4 nitrogen and oxygen atoms in total. The van der Waals surface area contributed by atoms with Gasteiger partial charge in [0.1, 0.15) is 0 Å². The summed E-state index contributed by atoms with van der Waals surface area (Å²) in [6.07, 6.45) is 9.18. The van der Waals surface area contributed by atoms with Crippen LogP contribution >= 0.6 is 0 Å². The lowest BCUT2D eigenvalue weighted by atomic mass is 9.82. The van der Waals surface area contributed by atoms with E-state index in [-0.39, 0.29) is 0 Å². The fourth-order valence-corrected chi connectivity index (χ4v) is 3.13. The highest BCUT2D eigenvalue weighted by Crippen LogP contribution is 2.38. The fraction of sp³-hybridized carbons (Fsp3) is 0.0500. The second-order valence-electron chi connectivity index (χ2n) is 5.48. The molecule has 0 amide bonds. The molecule has 0 aliphatic carbocycles. The SMILES string of the molecule is c1ccc(C(c2ccccn2)(c2ccccn2)n2ccnc2)cc1. The predicted octanol–water partition coefficient (Wildman–Crippen LogP) is 3.51. The Balaban J connectivity index is 2.12. The molecule has 0 unspecified atom stereocenters. The summed E-state index contributed by atoms with van der Waals surface area (Å²) in [5, 5.41) is 0. The summed E-state index contributed by atoms with van der Waals surface area (Å²) in [7, 11) is 0. The van der Waals surface area contributed by atoms with E-state index in [0.29, 0.717) is 0 Å². The third-order valence-corrected chi connectivity index (χ3v) is 4.15. The minimum atomic E-state index is -0.666. The van der Waals surface area contributed by atoms with Crippen molar-refractivity contribution in [2.45, 2.75) is 5.54 Å². The molecule has 0 aliphatic heterocycles. The van der Waals surface area contributed by atoms with Gasteiger partial charge in [0.15, 0.2) is 5.54 Å². The van der Waals surface area contributed by atoms with Gasteiger partial charge in [-0.25, -0.2) is 4.98 Å². The van der Waals surface area contributed by atoms with Crippen LogP contribution in [0.25, 0.3) is 0 Å². The van der Waals surface area contributed by atoms with Crippen LogP contribution in [0.15, 0.2) is 97.8 Å². The Labute approximate surface area is 140 Å². The highest BCUT2D eigenvalue weighted by atomic mass is 15.1. The maximum absolute atomic E-state index is 4.67. The van der Waals surface area contributed by atoms with E-state index in [1.165, 1.54) is 0 Å². The first-order chi connectivity index (χ1) is 11.9. The van der Waals surface area contributed by atoms with Crippen LogP contribution in [0.4, 0.5) is 0 Å². The van der Waals surface area contributed by atoms with Crippen LogP contribution in [0, 0.1) is 0 Å². The molecule has 0 N–H and O–H groups in total. The topological polar surface area (TPSA) is 43.6 Å². The summed E-state index contributed by atoms with van der Waals surface area (Å²) in [6.45, 7) is 0. The Kier molecular flexibility index (Phi) is 3.63. The van der Waals surface area contributed by atoms with Crippen molar-refractivity contribution in [3.63, 3.8) is 0 Å². The number of hydrogen-bond donors (Lipinski definition) is 0. The van der Waals surface area contributed by atoms with Crippen molar-refractivity contribution in [3.8, 4) is 0 Å². The molecule has 3 heterocycles. The summed E-state index contributed by atoms with van der Waals surface area (Å²) in [5.74, 6) is 0. The summed E-state index contributed by atoms with van der Waals surface area (Å²) in [5.41, 5.74) is 2.21. The van der Waals surface area contributed by atoms with Crippen LogP contribution in [-0.2, 0) is 5.54 Å². The van der Waals surface area contributed by atoms with E-state index >= 15 is 0 Å². The lowest BCUT2D eigenvalue weighted by Gasteiger charge is -2.34. The van der Waals surface area contributed by atoms with Crippen molar-refractivity contribution in [1.29, 1.82) is 0 Å². The Morgan fingerprint density at radius 1 is 0.667 bits per heavy atom. The van der Waals surface area contributed by atoms with Gasteiger partial charge in [-0.1, -0.05) is 42.5 Å². The zero-order valence-electron chi connectivity index (χ0n) is 13.0. The average Bonchev–Trinajstić information content (AvgIpc) is 3.20. The largest absolute Gasteiger partial charge is 0.316 e. The first-order valence-corrected chi connectivity index (χ1v) is 7.79. The van der Waals surface area contributed by atoms with Crippen molar-refractivity contribution in [3.05, 3.63) is 115 Å². The van der Waals surface area contributed by atoms with E-state index in [1.807, 2.05) is 79.5 Å². The normalized spacial score (nSPS) is 11.3. The zero-order valence-corrected chi connectivity index (χ0v) is 13.0. The van der Waals surface area contributed by atoms with E-state index in [1.54, 1.807) is 6.20 Å². The molecule has 116 valence electrons. The Morgan fingerprint density at radius 3 is 1.79 bits per heavy atom. The van der Waals surface area contributed by atoms with E-state index < -0.39 is 5.54 Å².